The Bertz CT molecular complexity index is 597. The summed E-state index contributed by atoms with van der Waals surface area (Å²) in [6, 6.07) is 12.0. The van der Waals surface area contributed by atoms with Crippen LogP contribution in [0.15, 0.2) is 58.5 Å². The Morgan fingerprint density at radius 3 is 1.38 bits per heavy atom. The van der Waals surface area contributed by atoms with E-state index in [0.717, 1.165) is 11.4 Å². The molecule has 0 spiro atoms. The molecule has 21 heavy (non-hydrogen) atoms. The normalized spacial score (nSPS) is 12.6. The van der Waals surface area contributed by atoms with Crippen molar-refractivity contribution >= 4 is 22.8 Å². The molecule has 0 bridgehead atoms. The third kappa shape index (κ3) is 4.91. The first kappa shape index (κ1) is 15.0. The topological polar surface area (TPSA) is 24.7 Å². The van der Waals surface area contributed by atoms with Crippen molar-refractivity contribution in [2.24, 2.45) is 9.98 Å². The Morgan fingerprint density at radius 1 is 0.714 bits per heavy atom. The van der Waals surface area contributed by atoms with E-state index < -0.39 is 0 Å². The molecule has 0 heterocycles. The minimum absolute atomic E-state index is 0.277. The molecule has 0 aliphatic rings. The maximum Gasteiger partial charge on any atom is 0.123 e. The summed E-state index contributed by atoms with van der Waals surface area (Å²) < 4.78 is 25.6. The molecule has 2 rings (SSSR count). The third-order valence-corrected chi connectivity index (χ3v) is 2.80. The number of hydrogen-bond donors (Lipinski definition) is 0. The summed E-state index contributed by atoms with van der Waals surface area (Å²) in [5, 5.41) is 0. The van der Waals surface area contributed by atoms with Gasteiger partial charge in [0.2, 0.25) is 0 Å². The van der Waals surface area contributed by atoms with Crippen LogP contribution in [-0.2, 0) is 0 Å². The van der Waals surface area contributed by atoms with Gasteiger partial charge in [-0.1, -0.05) is 0 Å². The van der Waals surface area contributed by atoms with E-state index in [4.69, 9.17) is 0 Å². The SMILES string of the molecule is CC(CC(C)=Nc1ccc(F)cc1)=Nc1ccc(F)cc1. The van der Waals surface area contributed by atoms with Crippen LogP contribution in [-0.4, -0.2) is 11.4 Å². The predicted octanol–water partition coefficient (Wildman–Crippen LogP) is 5.24. The molecule has 0 aliphatic carbocycles. The van der Waals surface area contributed by atoms with Crippen molar-refractivity contribution in [3.63, 3.8) is 0 Å². The van der Waals surface area contributed by atoms with Crippen LogP contribution >= 0.6 is 0 Å². The monoisotopic (exact) mass is 286 g/mol. The zero-order chi connectivity index (χ0) is 15.2. The van der Waals surface area contributed by atoms with E-state index in [2.05, 4.69) is 9.98 Å². The average molecular weight is 286 g/mol. The molecule has 0 radical (unpaired) electrons. The van der Waals surface area contributed by atoms with Gasteiger partial charge in [0, 0.05) is 17.8 Å². The van der Waals surface area contributed by atoms with Gasteiger partial charge in [-0.15, -0.1) is 0 Å². The van der Waals surface area contributed by atoms with Gasteiger partial charge in [-0.2, -0.15) is 0 Å². The molecule has 0 N–H and O–H groups in total. The molecule has 0 aliphatic heterocycles. The van der Waals surface area contributed by atoms with E-state index >= 15 is 0 Å². The molecule has 2 aromatic carbocycles. The predicted molar refractivity (Wildman–Crippen MR) is 83.0 cm³/mol. The molecule has 0 saturated carbocycles. The summed E-state index contributed by atoms with van der Waals surface area (Å²) in [5.41, 5.74) is 3.18. The number of benzene rings is 2. The highest BCUT2D eigenvalue weighted by molar-refractivity contribution is 6.03. The Kier molecular flexibility index (Phi) is 4.93. The number of nitrogens with zero attached hydrogens (tertiary/aromatic N) is 2. The number of halogens is 2. The maximum absolute atomic E-state index is 12.8. The van der Waals surface area contributed by atoms with E-state index in [9.17, 15) is 8.78 Å². The summed E-state index contributed by atoms with van der Waals surface area (Å²) in [4.78, 5) is 8.81. The molecule has 108 valence electrons. The summed E-state index contributed by atoms with van der Waals surface area (Å²) in [5.74, 6) is -0.554. The molecule has 0 saturated heterocycles. The Labute approximate surface area is 122 Å². The molecular formula is C17H16F2N2. The van der Waals surface area contributed by atoms with Crippen molar-refractivity contribution in [1.82, 2.24) is 0 Å². The molecule has 0 aromatic heterocycles. The third-order valence-electron chi connectivity index (χ3n) is 2.80. The fourth-order valence-electron chi connectivity index (χ4n) is 1.92. The van der Waals surface area contributed by atoms with Crippen LogP contribution in [0.2, 0.25) is 0 Å². The van der Waals surface area contributed by atoms with E-state index in [1.165, 1.54) is 24.3 Å². The molecule has 0 atom stereocenters. The summed E-state index contributed by atoms with van der Waals surface area (Å²) in [6.45, 7) is 3.79. The molecule has 4 heteroatoms. The highest BCUT2D eigenvalue weighted by atomic mass is 19.1. The smallest absolute Gasteiger partial charge is 0.123 e. The van der Waals surface area contributed by atoms with Gasteiger partial charge in [0.1, 0.15) is 11.6 Å². The summed E-state index contributed by atoms with van der Waals surface area (Å²) in [6.07, 6.45) is 0.606. The second kappa shape index (κ2) is 6.88. The van der Waals surface area contributed by atoms with Gasteiger partial charge in [-0.3, -0.25) is 9.98 Å². The van der Waals surface area contributed by atoms with Gasteiger partial charge in [-0.25, -0.2) is 8.78 Å². The van der Waals surface area contributed by atoms with E-state index in [1.807, 2.05) is 13.8 Å². The van der Waals surface area contributed by atoms with Gasteiger partial charge < -0.3 is 0 Å². The number of aliphatic imine (C=N–C) groups is 2. The highest BCUT2D eigenvalue weighted by Gasteiger charge is 1.99. The zero-order valence-corrected chi connectivity index (χ0v) is 12.0. The first-order valence-corrected chi connectivity index (χ1v) is 6.62. The quantitative estimate of drug-likeness (QED) is 0.687. The van der Waals surface area contributed by atoms with Crippen LogP contribution in [0.3, 0.4) is 0 Å². The highest BCUT2D eigenvalue weighted by Crippen LogP contribution is 2.15. The summed E-state index contributed by atoms with van der Waals surface area (Å²) >= 11 is 0. The van der Waals surface area contributed by atoms with Crippen molar-refractivity contribution in [3.8, 4) is 0 Å². The number of hydrogen-bond acceptors (Lipinski definition) is 2. The van der Waals surface area contributed by atoms with Gasteiger partial charge in [0.25, 0.3) is 0 Å². The van der Waals surface area contributed by atoms with Gasteiger partial charge >= 0.3 is 0 Å². The van der Waals surface area contributed by atoms with Crippen LogP contribution in [0.5, 0.6) is 0 Å². The van der Waals surface area contributed by atoms with Crippen LogP contribution in [0.4, 0.5) is 20.2 Å². The first-order valence-electron chi connectivity index (χ1n) is 6.62. The minimum Gasteiger partial charge on any atom is -0.258 e. The maximum atomic E-state index is 12.8. The lowest BCUT2D eigenvalue weighted by atomic mass is 10.2. The van der Waals surface area contributed by atoms with Crippen molar-refractivity contribution in [2.45, 2.75) is 20.3 Å². The number of rotatable bonds is 4. The minimum atomic E-state index is -0.277. The molecular weight excluding hydrogens is 270 g/mol. The van der Waals surface area contributed by atoms with Crippen LogP contribution in [0.25, 0.3) is 0 Å². The van der Waals surface area contributed by atoms with Crippen molar-refractivity contribution < 1.29 is 8.78 Å². The van der Waals surface area contributed by atoms with E-state index in [-0.39, 0.29) is 11.6 Å². The zero-order valence-electron chi connectivity index (χ0n) is 12.0. The lowest BCUT2D eigenvalue weighted by Gasteiger charge is -2.02. The summed E-state index contributed by atoms with van der Waals surface area (Å²) in [7, 11) is 0. The molecule has 0 unspecified atom stereocenters. The van der Waals surface area contributed by atoms with Crippen molar-refractivity contribution in [1.29, 1.82) is 0 Å². The first-order chi connectivity index (χ1) is 10.0. The molecule has 2 aromatic rings. The van der Waals surface area contributed by atoms with Crippen molar-refractivity contribution in [2.75, 3.05) is 0 Å². The Hall–Kier alpha value is -2.36. The lowest BCUT2D eigenvalue weighted by molar-refractivity contribution is 0.627. The second-order valence-corrected chi connectivity index (χ2v) is 4.82. The van der Waals surface area contributed by atoms with Crippen molar-refractivity contribution in [3.05, 3.63) is 60.2 Å². The largest absolute Gasteiger partial charge is 0.258 e. The van der Waals surface area contributed by atoms with Gasteiger partial charge in [0.05, 0.1) is 11.4 Å². The lowest BCUT2D eigenvalue weighted by Crippen LogP contribution is -2.00. The van der Waals surface area contributed by atoms with Crippen LogP contribution in [0, 0.1) is 11.6 Å². The second-order valence-electron chi connectivity index (χ2n) is 4.82. The molecule has 2 nitrogen and oxygen atoms in total. The van der Waals surface area contributed by atoms with Crippen LogP contribution < -0.4 is 0 Å². The van der Waals surface area contributed by atoms with E-state index in [1.54, 1.807) is 24.3 Å². The molecule has 0 fully saturated rings. The van der Waals surface area contributed by atoms with Gasteiger partial charge in [0.15, 0.2) is 0 Å². The van der Waals surface area contributed by atoms with Gasteiger partial charge in [-0.05, 0) is 62.4 Å². The standard InChI is InChI=1S/C17H16F2N2/c1-12(20-16-7-3-14(18)4-8-16)11-13(2)21-17-9-5-15(19)6-10-17/h3-10H,11H2,1-2H3. The van der Waals surface area contributed by atoms with E-state index in [0.29, 0.717) is 17.8 Å². The van der Waals surface area contributed by atoms with Crippen LogP contribution in [0.1, 0.15) is 20.3 Å². The Balaban J connectivity index is 2.05. The molecule has 0 amide bonds. The fourth-order valence-corrected chi connectivity index (χ4v) is 1.92. The average Bonchev–Trinajstić information content (AvgIpc) is 2.44. The Morgan fingerprint density at radius 2 is 1.05 bits per heavy atom. The fraction of sp³-hybridized carbons (Fsp3) is 0.176.